The Balaban J connectivity index is 1.35. The molecule has 4 heterocycles. The number of ether oxygens (including phenoxy) is 1. The van der Waals surface area contributed by atoms with Gasteiger partial charge in [0.2, 0.25) is 0 Å². The van der Waals surface area contributed by atoms with Crippen molar-refractivity contribution in [2.45, 2.75) is 44.4 Å². The Morgan fingerprint density at radius 1 is 1.07 bits per heavy atom. The van der Waals surface area contributed by atoms with E-state index in [-0.39, 0.29) is 35.0 Å². The smallest absolute Gasteiger partial charge is 0.251 e. The summed E-state index contributed by atoms with van der Waals surface area (Å²) in [5.74, 6) is -1.03. The van der Waals surface area contributed by atoms with Crippen molar-refractivity contribution in [3.8, 4) is 11.4 Å². The molecule has 220 valence electrons. The summed E-state index contributed by atoms with van der Waals surface area (Å²) in [6.45, 7) is 6.18. The van der Waals surface area contributed by atoms with Crippen molar-refractivity contribution in [3.05, 3.63) is 77.4 Å². The summed E-state index contributed by atoms with van der Waals surface area (Å²) in [5.41, 5.74) is 2.94. The van der Waals surface area contributed by atoms with E-state index in [1.54, 1.807) is 43.5 Å². The number of fused-ring (bicyclic) bond motifs is 1. The molecule has 0 radical (unpaired) electrons. The van der Waals surface area contributed by atoms with Gasteiger partial charge in [-0.25, -0.2) is 22.8 Å². The Bertz CT molecular complexity index is 1740. The summed E-state index contributed by atoms with van der Waals surface area (Å²) in [5, 5.41) is 12.7. The highest BCUT2D eigenvalue weighted by molar-refractivity contribution is 7.91. The number of aryl methyl sites for hydroxylation is 1. The van der Waals surface area contributed by atoms with E-state index in [1.165, 1.54) is 12.1 Å². The van der Waals surface area contributed by atoms with Crippen LogP contribution in [0.2, 0.25) is 0 Å². The maximum atomic E-state index is 14.8. The molecular formula is C30H32FN5O5S. The molecule has 12 heteroatoms. The largest absolute Gasteiger partial charge is 0.395 e. The van der Waals surface area contributed by atoms with E-state index >= 15 is 0 Å². The molecule has 0 saturated carbocycles. The Morgan fingerprint density at radius 3 is 2.52 bits per heavy atom. The first-order valence-electron chi connectivity index (χ1n) is 13.6. The number of carbonyl (C=O) groups excluding carboxylic acids is 1. The number of hydrogen-bond acceptors (Lipinski definition) is 9. The van der Waals surface area contributed by atoms with Crippen LogP contribution in [0.1, 0.15) is 35.5 Å². The van der Waals surface area contributed by atoms with Crippen LogP contribution in [0.15, 0.2) is 59.6 Å². The van der Waals surface area contributed by atoms with Gasteiger partial charge in [0.05, 0.1) is 58.6 Å². The van der Waals surface area contributed by atoms with Crippen LogP contribution in [0.25, 0.3) is 22.3 Å². The van der Waals surface area contributed by atoms with Gasteiger partial charge in [-0.2, -0.15) is 0 Å². The van der Waals surface area contributed by atoms with Gasteiger partial charge in [-0.05, 0) is 68.8 Å². The fraction of sp³-hybridized carbons (Fsp3) is 0.333. The minimum Gasteiger partial charge on any atom is -0.395 e. The fourth-order valence-corrected chi connectivity index (χ4v) is 6.35. The van der Waals surface area contributed by atoms with Crippen LogP contribution in [0.5, 0.6) is 0 Å². The van der Waals surface area contributed by atoms with Gasteiger partial charge in [0.15, 0.2) is 21.5 Å². The summed E-state index contributed by atoms with van der Waals surface area (Å²) >= 11 is 0. The summed E-state index contributed by atoms with van der Waals surface area (Å²) in [6.07, 6.45) is 1.56. The first kappa shape index (κ1) is 29.5. The number of rotatable bonds is 8. The quantitative estimate of drug-likeness (QED) is 0.315. The van der Waals surface area contributed by atoms with Gasteiger partial charge in [-0.15, -0.1) is 0 Å². The summed E-state index contributed by atoms with van der Waals surface area (Å²) in [7, 11) is -3.72. The zero-order chi connectivity index (χ0) is 30.0. The lowest BCUT2D eigenvalue weighted by molar-refractivity contribution is -0.00564. The molecule has 10 nitrogen and oxygen atoms in total. The second kappa shape index (κ2) is 12.1. The molecule has 2 atom stereocenters. The van der Waals surface area contributed by atoms with Gasteiger partial charge in [0.1, 0.15) is 0 Å². The predicted octanol–water partition coefficient (Wildman–Crippen LogP) is 3.45. The van der Waals surface area contributed by atoms with Gasteiger partial charge in [-0.3, -0.25) is 9.78 Å². The molecule has 1 aliphatic rings. The average molecular weight is 594 g/mol. The zero-order valence-electron chi connectivity index (χ0n) is 23.5. The SMILES string of the molecule is Cc1ccc(C(=O)NCc2cc3nc(-c4ccc(F)c(N5C[C@@H](C)O[C@@H](C)C5)n4)ccc3cn2)cc1S(=O)(=O)CCO. The van der Waals surface area contributed by atoms with Crippen molar-refractivity contribution >= 4 is 32.5 Å². The normalized spacial score (nSPS) is 17.4. The third-order valence-corrected chi connectivity index (χ3v) is 8.84. The highest BCUT2D eigenvalue weighted by Gasteiger charge is 2.26. The number of carbonyl (C=O) groups is 1. The molecule has 42 heavy (non-hydrogen) atoms. The number of benzene rings is 1. The lowest BCUT2D eigenvalue weighted by Gasteiger charge is -2.36. The van der Waals surface area contributed by atoms with E-state index in [1.807, 2.05) is 24.8 Å². The Labute approximate surface area is 243 Å². The van der Waals surface area contributed by atoms with E-state index in [9.17, 15) is 17.6 Å². The molecule has 4 aromatic rings. The number of sulfone groups is 1. The topological polar surface area (TPSA) is 135 Å². The van der Waals surface area contributed by atoms with Gasteiger partial charge in [0.25, 0.3) is 5.91 Å². The molecule has 0 unspecified atom stereocenters. The number of hydrogen-bond donors (Lipinski definition) is 2. The Kier molecular flexibility index (Phi) is 8.48. The molecule has 1 aliphatic heterocycles. The van der Waals surface area contributed by atoms with Crippen LogP contribution in [-0.2, 0) is 21.1 Å². The molecular weight excluding hydrogens is 561 g/mol. The molecule has 1 fully saturated rings. The molecule has 0 spiro atoms. The molecule has 1 aromatic carbocycles. The molecule has 3 aromatic heterocycles. The van der Waals surface area contributed by atoms with Crippen LogP contribution in [0.4, 0.5) is 10.2 Å². The van der Waals surface area contributed by atoms with E-state index in [0.717, 1.165) is 5.39 Å². The second-order valence-electron chi connectivity index (χ2n) is 10.4. The number of aliphatic hydroxyl groups excluding tert-OH is 1. The number of nitrogens with one attached hydrogen (secondary N) is 1. The van der Waals surface area contributed by atoms with Crippen molar-refractivity contribution < 1.29 is 27.4 Å². The lowest BCUT2D eigenvalue weighted by Crippen LogP contribution is -2.46. The van der Waals surface area contributed by atoms with Crippen LogP contribution >= 0.6 is 0 Å². The Hall–Kier alpha value is -4.00. The Morgan fingerprint density at radius 2 is 1.79 bits per heavy atom. The molecule has 5 rings (SSSR count). The molecule has 2 N–H and O–H groups in total. The second-order valence-corrected chi connectivity index (χ2v) is 12.5. The van der Waals surface area contributed by atoms with Gasteiger partial charge in [-0.1, -0.05) is 6.07 Å². The molecule has 1 amide bonds. The summed E-state index contributed by atoms with van der Waals surface area (Å²) in [4.78, 5) is 28.5. The molecule has 0 aliphatic carbocycles. The maximum absolute atomic E-state index is 14.8. The van der Waals surface area contributed by atoms with Crippen LogP contribution in [0, 0.1) is 12.7 Å². The van der Waals surface area contributed by atoms with E-state index < -0.39 is 33.9 Å². The third-order valence-electron chi connectivity index (χ3n) is 7.01. The molecule has 0 bridgehead atoms. The van der Waals surface area contributed by atoms with Crippen molar-refractivity contribution in [2.75, 3.05) is 30.3 Å². The number of amides is 1. The summed E-state index contributed by atoms with van der Waals surface area (Å²) < 4.78 is 45.5. The standard InChI is InChI=1S/C30H32FN5O5S/c1-18-4-5-21(12-28(18)42(39,40)11-10-37)30(38)33-15-23-13-27-22(14-32-23)6-8-25(34-27)26-9-7-24(31)29(35-26)36-16-19(2)41-20(3)17-36/h4-9,12-14,19-20,37H,10-11,15-17H2,1-3H3,(H,33,38)/t19-,20+. The monoisotopic (exact) mass is 593 g/mol. The highest BCUT2D eigenvalue weighted by atomic mass is 32.2. The molecule has 1 saturated heterocycles. The van der Waals surface area contributed by atoms with E-state index in [2.05, 4.69) is 15.3 Å². The van der Waals surface area contributed by atoms with E-state index in [4.69, 9.17) is 14.8 Å². The van der Waals surface area contributed by atoms with Crippen LogP contribution < -0.4 is 10.2 Å². The number of halogens is 1. The van der Waals surface area contributed by atoms with Crippen molar-refractivity contribution in [1.29, 1.82) is 0 Å². The number of nitrogens with zero attached hydrogens (tertiary/aromatic N) is 4. The first-order chi connectivity index (χ1) is 20.0. The maximum Gasteiger partial charge on any atom is 0.251 e. The van der Waals surface area contributed by atoms with Gasteiger partial charge < -0.3 is 20.1 Å². The van der Waals surface area contributed by atoms with Gasteiger partial charge in [0, 0.05) is 30.2 Å². The van der Waals surface area contributed by atoms with Gasteiger partial charge >= 0.3 is 0 Å². The van der Waals surface area contributed by atoms with Crippen LogP contribution in [-0.4, -0.2) is 72.0 Å². The fourth-order valence-electron chi connectivity index (χ4n) is 5.02. The minimum absolute atomic E-state index is 0.0139. The third kappa shape index (κ3) is 6.40. The van der Waals surface area contributed by atoms with Crippen molar-refractivity contribution in [3.63, 3.8) is 0 Å². The average Bonchev–Trinajstić information content (AvgIpc) is 2.95. The van der Waals surface area contributed by atoms with Crippen molar-refractivity contribution in [1.82, 2.24) is 20.3 Å². The zero-order valence-corrected chi connectivity index (χ0v) is 24.4. The number of aromatic nitrogens is 3. The highest BCUT2D eigenvalue weighted by Crippen LogP contribution is 2.27. The predicted molar refractivity (Wildman–Crippen MR) is 156 cm³/mol. The van der Waals surface area contributed by atoms with Crippen LogP contribution in [0.3, 0.4) is 0 Å². The number of pyridine rings is 3. The minimum atomic E-state index is -3.72. The number of morpholine rings is 1. The lowest BCUT2D eigenvalue weighted by atomic mass is 10.1. The van der Waals surface area contributed by atoms with Crippen molar-refractivity contribution in [2.24, 2.45) is 0 Å². The number of aliphatic hydroxyl groups is 1. The number of anilines is 1. The first-order valence-corrected chi connectivity index (χ1v) is 15.2. The van der Waals surface area contributed by atoms with E-state index in [0.29, 0.717) is 41.3 Å². The summed E-state index contributed by atoms with van der Waals surface area (Å²) in [6, 6.07) is 12.8.